The lowest BCUT2D eigenvalue weighted by molar-refractivity contribution is -0.137. The van der Waals surface area contributed by atoms with Gasteiger partial charge in [0.05, 0.1) is 28.7 Å². The molecule has 0 aliphatic rings. The molecule has 8 heteroatoms. The summed E-state index contributed by atoms with van der Waals surface area (Å²) < 4.78 is 1.38. The van der Waals surface area contributed by atoms with Crippen LogP contribution in [0.25, 0.3) is 10.6 Å². The Labute approximate surface area is 124 Å². The first-order chi connectivity index (χ1) is 10.2. The number of carbonyl (C=O) groups is 1. The molecule has 0 fully saturated rings. The minimum atomic E-state index is -0.917. The number of anilines is 1. The third-order valence-corrected chi connectivity index (χ3v) is 3.79. The summed E-state index contributed by atoms with van der Waals surface area (Å²) in [5, 5.41) is 25.0. The van der Waals surface area contributed by atoms with Crippen LogP contribution in [0.3, 0.4) is 0 Å². The van der Waals surface area contributed by atoms with Gasteiger partial charge in [-0.25, -0.2) is 0 Å². The lowest BCUT2D eigenvalue weighted by Gasteiger charge is -2.03. The number of thiophene rings is 1. The number of hydrogen-bond acceptors (Lipinski definition) is 5. The number of aromatic amines is 1. The van der Waals surface area contributed by atoms with Gasteiger partial charge in [-0.2, -0.15) is 10.2 Å². The SMILES string of the molecule is O=C(O)Cn1cc(NCc2cn[nH]c2-c2cccs2)cn1. The first kappa shape index (κ1) is 13.4. The van der Waals surface area contributed by atoms with E-state index in [0.717, 1.165) is 21.8 Å². The normalized spacial score (nSPS) is 10.7. The first-order valence-electron chi connectivity index (χ1n) is 6.26. The first-order valence-corrected chi connectivity index (χ1v) is 7.14. The van der Waals surface area contributed by atoms with Crippen molar-refractivity contribution in [3.05, 3.63) is 41.7 Å². The smallest absolute Gasteiger partial charge is 0.325 e. The van der Waals surface area contributed by atoms with Gasteiger partial charge in [0.1, 0.15) is 6.54 Å². The summed E-state index contributed by atoms with van der Waals surface area (Å²) >= 11 is 1.65. The minimum absolute atomic E-state index is 0.145. The molecule has 0 radical (unpaired) electrons. The number of aromatic nitrogens is 4. The molecule has 3 N–H and O–H groups in total. The van der Waals surface area contributed by atoms with Crippen molar-refractivity contribution in [1.82, 2.24) is 20.0 Å². The highest BCUT2D eigenvalue weighted by atomic mass is 32.1. The van der Waals surface area contributed by atoms with Crippen molar-refractivity contribution >= 4 is 23.0 Å². The maximum atomic E-state index is 10.6. The molecule has 0 aromatic carbocycles. The number of hydrogen-bond donors (Lipinski definition) is 3. The molecule has 0 amide bonds. The highest BCUT2D eigenvalue weighted by molar-refractivity contribution is 7.13. The molecule has 3 rings (SSSR count). The Morgan fingerprint density at radius 3 is 3.14 bits per heavy atom. The lowest BCUT2D eigenvalue weighted by Crippen LogP contribution is -2.08. The van der Waals surface area contributed by atoms with E-state index in [1.165, 1.54) is 4.68 Å². The van der Waals surface area contributed by atoms with Crippen LogP contribution in [-0.2, 0) is 17.9 Å². The second kappa shape index (κ2) is 5.80. The largest absolute Gasteiger partial charge is 0.480 e. The van der Waals surface area contributed by atoms with Gasteiger partial charge in [0.2, 0.25) is 0 Å². The van der Waals surface area contributed by atoms with Crippen molar-refractivity contribution in [3.8, 4) is 10.6 Å². The Morgan fingerprint density at radius 2 is 2.38 bits per heavy atom. The van der Waals surface area contributed by atoms with E-state index in [1.54, 1.807) is 29.9 Å². The predicted octanol–water partition coefficient (Wildman–Crippen LogP) is 2.03. The van der Waals surface area contributed by atoms with Crippen molar-refractivity contribution in [2.24, 2.45) is 0 Å². The van der Waals surface area contributed by atoms with Crippen LogP contribution in [0.1, 0.15) is 5.56 Å². The Morgan fingerprint density at radius 1 is 1.48 bits per heavy atom. The summed E-state index contributed by atoms with van der Waals surface area (Å²) in [5.41, 5.74) is 2.81. The Hall–Kier alpha value is -2.61. The van der Waals surface area contributed by atoms with Crippen LogP contribution in [-0.4, -0.2) is 31.1 Å². The third kappa shape index (κ3) is 3.11. The second-order valence-corrected chi connectivity index (χ2v) is 5.37. The molecule has 3 aromatic heterocycles. The number of aliphatic carboxylic acids is 1. The zero-order chi connectivity index (χ0) is 14.7. The van der Waals surface area contributed by atoms with Crippen LogP contribution in [0, 0.1) is 0 Å². The van der Waals surface area contributed by atoms with Gasteiger partial charge in [-0.05, 0) is 11.4 Å². The number of nitrogens with zero attached hydrogens (tertiary/aromatic N) is 3. The molecule has 0 unspecified atom stereocenters. The highest BCUT2D eigenvalue weighted by Gasteiger charge is 2.09. The molecule has 0 bridgehead atoms. The molecule has 0 aliphatic carbocycles. The van der Waals surface area contributed by atoms with Crippen LogP contribution in [0.2, 0.25) is 0 Å². The monoisotopic (exact) mass is 303 g/mol. The Bertz CT molecular complexity index is 731. The van der Waals surface area contributed by atoms with E-state index in [2.05, 4.69) is 20.6 Å². The van der Waals surface area contributed by atoms with Gasteiger partial charge >= 0.3 is 5.97 Å². The van der Waals surface area contributed by atoms with Gasteiger partial charge in [0.25, 0.3) is 0 Å². The number of H-pyrrole nitrogens is 1. The standard InChI is InChI=1S/C13H13N5O2S/c19-12(20)8-18-7-10(6-16-18)14-4-9-5-15-17-13(9)11-2-1-3-21-11/h1-3,5-7,14H,4,8H2,(H,15,17)(H,19,20). The summed E-state index contributed by atoms with van der Waals surface area (Å²) in [6, 6.07) is 4.03. The van der Waals surface area contributed by atoms with E-state index >= 15 is 0 Å². The van der Waals surface area contributed by atoms with Crippen LogP contribution in [0.5, 0.6) is 0 Å². The van der Waals surface area contributed by atoms with E-state index in [-0.39, 0.29) is 6.54 Å². The summed E-state index contributed by atoms with van der Waals surface area (Å²) in [6.45, 7) is 0.441. The van der Waals surface area contributed by atoms with Crippen LogP contribution in [0.4, 0.5) is 5.69 Å². The molecule has 0 saturated heterocycles. The minimum Gasteiger partial charge on any atom is -0.480 e. The fourth-order valence-electron chi connectivity index (χ4n) is 1.96. The summed E-state index contributed by atoms with van der Waals surface area (Å²) in [7, 11) is 0. The van der Waals surface area contributed by atoms with Crippen LogP contribution < -0.4 is 5.32 Å². The molecule has 0 spiro atoms. The second-order valence-electron chi connectivity index (χ2n) is 4.42. The molecule has 21 heavy (non-hydrogen) atoms. The van der Waals surface area contributed by atoms with E-state index in [0.29, 0.717) is 6.54 Å². The number of carboxylic acids is 1. The zero-order valence-electron chi connectivity index (χ0n) is 11.0. The Kier molecular flexibility index (Phi) is 3.69. The summed E-state index contributed by atoms with van der Waals surface area (Å²) in [4.78, 5) is 11.7. The fourth-order valence-corrected chi connectivity index (χ4v) is 2.71. The molecule has 3 aromatic rings. The predicted molar refractivity (Wildman–Crippen MR) is 79.1 cm³/mol. The molecule has 3 heterocycles. The van der Waals surface area contributed by atoms with E-state index in [9.17, 15) is 4.79 Å². The van der Waals surface area contributed by atoms with Crippen LogP contribution in [0.15, 0.2) is 36.1 Å². The maximum Gasteiger partial charge on any atom is 0.325 e. The van der Waals surface area contributed by atoms with E-state index in [4.69, 9.17) is 5.11 Å². The summed E-state index contributed by atoms with van der Waals surface area (Å²) in [5.74, 6) is -0.917. The van der Waals surface area contributed by atoms with Crippen molar-refractivity contribution in [1.29, 1.82) is 0 Å². The number of rotatable bonds is 6. The van der Waals surface area contributed by atoms with E-state index in [1.807, 2.05) is 17.5 Å². The molecule has 0 atom stereocenters. The third-order valence-electron chi connectivity index (χ3n) is 2.90. The van der Waals surface area contributed by atoms with Crippen molar-refractivity contribution in [2.75, 3.05) is 5.32 Å². The van der Waals surface area contributed by atoms with Gasteiger partial charge in [0, 0.05) is 18.3 Å². The average molecular weight is 303 g/mol. The zero-order valence-corrected chi connectivity index (χ0v) is 11.8. The van der Waals surface area contributed by atoms with Gasteiger partial charge in [-0.3, -0.25) is 14.6 Å². The van der Waals surface area contributed by atoms with Crippen LogP contribution >= 0.6 is 11.3 Å². The molecule has 7 nitrogen and oxygen atoms in total. The maximum absolute atomic E-state index is 10.6. The highest BCUT2D eigenvalue weighted by Crippen LogP contribution is 2.26. The Balaban J connectivity index is 1.67. The van der Waals surface area contributed by atoms with Gasteiger partial charge in [-0.15, -0.1) is 11.3 Å². The average Bonchev–Trinajstić information content (AvgIpc) is 3.17. The molecule has 108 valence electrons. The topological polar surface area (TPSA) is 95.8 Å². The fraction of sp³-hybridized carbons (Fsp3) is 0.154. The summed E-state index contributed by atoms with van der Waals surface area (Å²) in [6.07, 6.45) is 5.05. The van der Waals surface area contributed by atoms with Crippen molar-refractivity contribution in [3.63, 3.8) is 0 Å². The number of nitrogens with one attached hydrogen (secondary N) is 2. The van der Waals surface area contributed by atoms with Crippen molar-refractivity contribution < 1.29 is 9.90 Å². The van der Waals surface area contributed by atoms with Gasteiger partial charge in [0.15, 0.2) is 0 Å². The van der Waals surface area contributed by atoms with Gasteiger partial charge in [-0.1, -0.05) is 6.07 Å². The van der Waals surface area contributed by atoms with Gasteiger partial charge < -0.3 is 10.4 Å². The number of carboxylic acid groups (broad SMARTS) is 1. The molecule has 0 aliphatic heterocycles. The molecule has 0 saturated carbocycles. The molecular formula is C13H13N5O2S. The quantitative estimate of drug-likeness (QED) is 0.647. The van der Waals surface area contributed by atoms with E-state index < -0.39 is 5.97 Å². The van der Waals surface area contributed by atoms with Crippen molar-refractivity contribution in [2.45, 2.75) is 13.1 Å². The molecular weight excluding hydrogens is 290 g/mol. The lowest BCUT2D eigenvalue weighted by atomic mass is 10.2.